The molecule has 2 N–H and O–H groups in total. The van der Waals surface area contributed by atoms with Gasteiger partial charge in [-0.1, -0.05) is 11.6 Å². The number of non-ortho nitro benzene ring substituents is 1. The van der Waals surface area contributed by atoms with E-state index in [1.54, 1.807) is 0 Å². The molecule has 0 spiro atoms. The Bertz CT molecular complexity index is 497. The van der Waals surface area contributed by atoms with Gasteiger partial charge < -0.3 is 10.6 Å². The van der Waals surface area contributed by atoms with E-state index in [1.165, 1.54) is 18.2 Å². The van der Waals surface area contributed by atoms with Gasteiger partial charge >= 0.3 is 0 Å². The van der Waals surface area contributed by atoms with Gasteiger partial charge in [-0.25, -0.2) is 0 Å². The second-order valence-corrected chi connectivity index (χ2v) is 5.48. The molecule has 0 saturated carbocycles. The highest BCUT2D eigenvalue weighted by Gasteiger charge is 2.14. The van der Waals surface area contributed by atoms with Crippen molar-refractivity contribution < 1.29 is 9.72 Å². The van der Waals surface area contributed by atoms with Crippen LogP contribution in [-0.4, -0.2) is 22.9 Å². The minimum absolute atomic E-state index is 0.115. The molecule has 0 unspecified atom stereocenters. The van der Waals surface area contributed by atoms with Crippen molar-refractivity contribution in [1.29, 1.82) is 0 Å². The molecule has 0 aliphatic carbocycles. The number of halogens is 1. The number of nitro benzene ring substituents is 1. The van der Waals surface area contributed by atoms with E-state index >= 15 is 0 Å². The third kappa shape index (κ3) is 5.23. The van der Waals surface area contributed by atoms with Crippen molar-refractivity contribution in [3.63, 3.8) is 0 Å². The lowest BCUT2D eigenvalue weighted by Crippen LogP contribution is -2.41. The van der Waals surface area contributed by atoms with Gasteiger partial charge in [0, 0.05) is 17.7 Å². The van der Waals surface area contributed by atoms with E-state index in [-0.39, 0.29) is 28.7 Å². The van der Waals surface area contributed by atoms with Crippen LogP contribution in [0.5, 0.6) is 0 Å². The summed E-state index contributed by atoms with van der Waals surface area (Å²) in [5.74, 6) is -0.259. The monoisotopic (exact) mass is 285 g/mol. The lowest BCUT2D eigenvalue weighted by molar-refractivity contribution is -0.384. The Morgan fingerprint density at radius 2 is 2.05 bits per heavy atom. The smallest absolute Gasteiger partial charge is 0.271 e. The van der Waals surface area contributed by atoms with Gasteiger partial charge in [-0.2, -0.15) is 0 Å². The summed E-state index contributed by atoms with van der Waals surface area (Å²) in [6.45, 7) is 5.97. The van der Waals surface area contributed by atoms with Crippen LogP contribution in [0.3, 0.4) is 0 Å². The third-order valence-corrected chi connectivity index (χ3v) is 2.53. The SMILES string of the molecule is CC(C)(C)NCC(=O)Nc1ccc([N+](=O)[O-])cc1Cl. The van der Waals surface area contributed by atoms with E-state index in [4.69, 9.17) is 11.6 Å². The molecule has 0 fully saturated rings. The summed E-state index contributed by atoms with van der Waals surface area (Å²) in [5.41, 5.74) is 0.0696. The van der Waals surface area contributed by atoms with Crippen molar-refractivity contribution >= 4 is 28.9 Å². The molecule has 6 nitrogen and oxygen atoms in total. The molecule has 0 atom stereocenters. The summed E-state index contributed by atoms with van der Waals surface area (Å²) >= 11 is 5.87. The van der Waals surface area contributed by atoms with Crippen LogP contribution in [0.2, 0.25) is 5.02 Å². The molecule has 19 heavy (non-hydrogen) atoms. The zero-order valence-corrected chi connectivity index (χ0v) is 11.7. The normalized spacial score (nSPS) is 11.2. The van der Waals surface area contributed by atoms with Gasteiger partial charge in [-0.3, -0.25) is 14.9 Å². The van der Waals surface area contributed by atoms with Crippen molar-refractivity contribution in [2.45, 2.75) is 26.3 Å². The van der Waals surface area contributed by atoms with E-state index < -0.39 is 4.92 Å². The maximum atomic E-state index is 11.7. The van der Waals surface area contributed by atoms with Crippen LogP contribution in [0.4, 0.5) is 11.4 Å². The lowest BCUT2D eigenvalue weighted by atomic mass is 10.1. The fourth-order valence-electron chi connectivity index (χ4n) is 1.26. The van der Waals surface area contributed by atoms with E-state index in [0.29, 0.717) is 5.69 Å². The zero-order chi connectivity index (χ0) is 14.6. The number of benzene rings is 1. The molecule has 1 amide bonds. The predicted octanol–water partition coefficient (Wildman–Crippen LogP) is 2.57. The van der Waals surface area contributed by atoms with Gasteiger partial charge in [0.05, 0.1) is 22.2 Å². The highest BCUT2D eigenvalue weighted by atomic mass is 35.5. The highest BCUT2D eigenvalue weighted by molar-refractivity contribution is 6.34. The van der Waals surface area contributed by atoms with E-state index in [2.05, 4.69) is 10.6 Å². The molecule has 0 saturated heterocycles. The largest absolute Gasteiger partial charge is 0.324 e. The summed E-state index contributed by atoms with van der Waals surface area (Å²) in [5, 5.41) is 16.3. The molecule has 7 heteroatoms. The van der Waals surface area contributed by atoms with Gasteiger partial charge in [0.1, 0.15) is 0 Å². The number of anilines is 1. The number of carbonyl (C=O) groups excluding carboxylic acids is 1. The summed E-state index contributed by atoms with van der Waals surface area (Å²) in [4.78, 5) is 21.7. The minimum Gasteiger partial charge on any atom is -0.324 e. The fraction of sp³-hybridized carbons (Fsp3) is 0.417. The summed E-state index contributed by atoms with van der Waals surface area (Å²) < 4.78 is 0. The second-order valence-electron chi connectivity index (χ2n) is 5.07. The molecule has 0 bridgehead atoms. The highest BCUT2D eigenvalue weighted by Crippen LogP contribution is 2.26. The Balaban J connectivity index is 2.67. The first-order chi connectivity index (χ1) is 8.69. The van der Waals surface area contributed by atoms with Crippen molar-refractivity contribution in [3.05, 3.63) is 33.3 Å². The average molecular weight is 286 g/mol. The first-order valence-electron chi connectivity index (χ1n) is 5.68. The third-order valence-electron chi connectivity index (χ3n) is 2.22. The van der Waals surface area contributed by atoms with E-state index in [0.717, 1.165) is 0 Å². The van der Waals surface area contributed by atoms with Crippen molar-refractivity contribution in [1.82, 2.24) is 5.32 Å². The van der Waals surface area contributed by atoms with Crippen molar-refractivity contribution in [2.24, 2.45) is 0 Å². The molecule has 1 aromatic rings. The topological polar surface area (TPSA) is 84.3 Å². The Morgan fingerprint density at radius 3 is 2.53 bits per heavy atom. The van der Waals surface area contributed by atoms with Crippen LogP contribution >= 0.6 is 11.6 Å². The molecule has 1 aromatic carbocycles. The van der Waals surface area contributed by atoms with Crippen LogP contribution < -0.4 is 10.6 Å². The van der Waals surface area contributed by atoms with E-state index in [1.807, 2.05) is 20.8 Å². The van der Waals surface area contributed by atoms with Gasteiger partial charge in [-0.15, -0.1) is 0 Å². The van der Waals surface area contributed by atoms with Crippen LogP contribution in [0.15, 0.2) is 18.2 Å². The van der Waals surface area contributed by atoms with Crippen LogP contribution in [0.1, 0.15) is 20.8 Å². The number of nitrogens with one attached hydrogen (secondary N) is 2. The fourth-order valence-corrected chi connectivity index (χ4v) is 1.48. The molecule has 0 heterocycles. The summed E-state index contributed by atoms with van der Waals surface area (Å²) in [7, 11) is 0. The Hall–Kier alpha value is -1.66. The zero-order valence-electron chi connectivity index (χ0n) is 11.0. The first kappa shape index (κ1) is 15.4. The Labute approximate surface area is 116 Å². The summed E-state index contributed by atoms with van der Waals surface area (Å²) in [6.07, 6.45) is 0. The Kier molecular flexibility index (Phi) is 4.85. The first-order valence-corrected chi connectivity index (χ1v) is 6.05. The molecule has 0 radical (unpaired) electrons. The number of amides is 1. The number of nitrogens with zero attached hydrogens (tertiary/aromatic N) is 1. The summed E-state index contributed by atoms with van der Waals surface area (Å²) in [6, 6.07) is 3.91. The van der Waals surface area contributed by atoms with Crippen LogP contribution in [0, 0.1) is 10.1 Å². The minimum atomic E-state index is -0.543. The maximum Gasteiger partial charge on any atom is 0.271 e. The molecule has 104 valence electrons. The quantitative estimate of drug-likeness (QED) is 0.658. The van der Waals surface area contributed by atoms with Crippen LogP contribution in [0.25, 0.3) is 0 Å². The van der Waals surface area contributed by atoms with Gasteiger partial charge in [0.2, 0.25) is 5.91 Å². The second kappa shape index (κ2) is 5.99. The molecular weight excluding hydrogens is 270 g/mol. The number of nitro groups is 1. The van der Waals surface area contributed by atoms with Gasteiger partial charge in [-0.05, 0) is 26.8 Å². The average Bonchev–Trinajstić information content (AvgIpc) is 2.28. The van der Waals surface area contributed by atoms with Crippen molar-refractivity contribution in [3.8, 4) is 0 Å². The molecule has 0 aliphatic heterocycles. The standard InChI is InChI=1S/C12H16ClN3O3/c1-12(2,3)14-7-11(17)15-10-5-4-8(16(18)19)6-9(10)13/h4-6,14H,7H2,1-3H3,(H,15,17). The molecular formula is C12H16ClN3O3. The van der Waals surface area contributed by atoms with Gasteiger partial charge in [0.15, 0.2) is 0 Å². The van der Waals surface area contributed by atoms with E-state index in [9.17, 15) is 14.9 Å². The van der Waals surface area contributed by atoms with Gasteiger partial charge in [0.25, 0.3) is 5.69 Å². The maximum absolute atomic E-state index is 11.7. The molecule has 0 aromatic heterocycles. The number of hydrogen-bond donors (Lipinski definition) is 2. The molecule has 0 aliphatic rings. The van der Waals surface area contributed by atoms with Crippen LogP contribution in [-0.2, 0) is 4.79 Å². The molecule has 1 rings (SSSR count). The predicted molar refractivity (Wildman–Crippen MR) is 74.5 cm³/mol. The van der Waals surface area contributed by atoms with Crippen molar-refractivity contribution in [2.75, 3.05) is 11.9 Å². The Morgan fingerprint density at radius 1 is 1.42 bits per heavy atom. The number of hydrogen-bond acceptors (Lipinski definition) is 4. The number of rotatable bonds is 4. The number of carbonyl (C=O) groups is 1. The lowest BCUT2D eigenvalue weighted by Gasteiger charge is -2.20.